The average Bonchev–Trinajstić information content (AvgIpc) is 2.75. The third kappa shape index (κ3) is 3.07. The first-order valence-electron chi connectivity index (χ1n) is 7.06. The number of hydrogen-bond acceptors (Lipinski definition) is 3. The number of anilines is 1. The summed E-state index contributed by atoms with van der Waals surface area (Å²) in [5, 5.41) is 4.29. The van der Waals surface area contributed by atoms with Gasteiger partial charge >= 0.3 is 0 Å². The summed E-state index contributed by atoms with van der Waals surface area (Å²) in [5.41, 5.74) is 10.0. The number of rotatable bonds is 4. The van der Waals surface area contributed by atoms with E-state index in [1.165, 1.54) is 5.56 Å². The highest BCUT2D eigenvalue weighted by molar-refractivity contribution is 5.97. The van der Waals surface area contributed by atoms with E-state index in [0.29, 0.717) is 24.3 Å². The lowest BCUT2D eigenvalue weighted by atomic mass is 10.1. The van der Waals surface area contributed by atoms with Gasteiger partial charge in [0.05, 0.1) is 11.4 Å². The summed E-state index contributed by atoms with van der Waals surface area (Å²) >= 11 is 0. The molecular weight excluding hydrogens is 264 g/mol. The lowest BCUT2D eigenvalue weighted by Crippen LogP contribution is -2.28. The van der Waals surface area contributed by atoms with E-state index < -0.39 is 0 Å². The van der Waals surface area contributed by atoms with Crippen molar-refractivity contribution in [2.75, 3.05) is 12.8 Å². The van der Waals surface area contributed by atoms with Gasteiger partial charge in [-0.25, -0.2) is 0 Å². The minimum absolute atomic E-state index is 0.109. The zero-order valence-corrected chi connectivity index (χ0v) is 13.1. The molecule has 0 unspecified atom stereocenters. The highest BCUT2D eigenvalue weighted by Gasteiger charge is 2.22. The van der Waals surface area contributed by atoms with Crippen molar-refractivity contribution in [2.45, 2.75) is 26.8 Å². The fourth-order valence-corrected chi connectivity index (χ4v) is 2.33. The van der Waals surface area contributed by atoms with Gasteiger partial charge in [-0.1, -0.05) is 36.8 Å². The van der Waals surface area contributed by atoms with E-state index in [1.54, 1.807) is 23.7 Å². The average molecular weight is 286 g/mol. The van der Waals surface area contributed by atoms with Crippen molar-refractivity contribution in [3.63, 3.8) is 0 Å². The molecule has 2 rings (SSSR count). The molecule has 0 bridgehead atoms. The number of nitrogens with two attached hydrogens (primary N) is 1. The summed E-state index contributed by atoms with van der Waals surface area (Å²) in [6.07, 6.45) is 0.717. The highest BCUT2D eigenvalue weighted by Crippen LogP contribution is 2.19. The zero-order valence-electron chi connectivity index (χ0n) is 13.1. The summed E-state index contributed by atoms with van der Waals surface area (Å²) in [7, 11) is 3.53. The summed E-state index contributed by atoms with van der Waals surface area (Å²) in [4.78, 5) is 14.2. The van der Waals surface area contributed by atoms with Gasteiger partial charge in [0.2, 0.25) is 0 Å². The number of carbonyl (C=O) groups excluding carboxylic acids is 1. The monoisotopic (exact) mass is 286 g/mol. The van der Waals surface area contributed by atoms with Gasteiger partial charge in [0.1, 0.15) is 5.69 Å². The van der Waals surface area contributed by atoms with Crippen LogP contribution in [0.3, 0.4) is 0 Å². The lowest BCUT2D eigenvalue weighted by molar-refractivity contribution is 0.0775. The quantitative estimate of drug-likeness (QED) is 0.936. The molecular formula is C16H22N4O. The van der Waals surface area contributed by atoms with Crippen molar-refractivity contribution >= 4 is 11.6 Å². The Kier molecular flexibility index (Phi) is 4.31. The van der Waals surface area contributed by atoms with E-state index in [1.807, 2.05) is 38.1 Å². The maximum atomic E-state index is 12.6. The van der Waals surface area contributed by atoms with Crippen molar-refractivity contribution in [1.82, 2.24) is 14.7 Å². The SMILES string of the molecule is CCc1nn(C)c(C(=O)N(C)Cc2ccc(C)cc2)c1N. The molecule has 1 heterocycles. The van der Waals surface area contributed by atoms with Crippen molar-refractivity contribution in [3.05, 3.63) is 46.8 Å². The highest BCUT2D eigenvalue weighted by atomic mass is 16.2. The molecule has 0 spiro atoms. The van der Waals surface area contributed by atoms with E-state index in [9.17, 15) is 4.79 Å². The molecule has 0 atom stereocenters. The predicted octanol–water partition coefficient (Wildman–Crippen LogP) is 2.15. The molecule has 112 valence electrons. The molecule has 21 heavy (non-hydrogen) atoms. The number of aromatic nitrogens is 2. The largest absolute Gasteiger partial charge is 0.395 e. The Labute approximate surface area is 125 Å². The van der Waals surface area contributed by atoms with E-state index in [4.69, 9.17) is 5.73 Å². The van der Waals surface area contributed by atoms with E-state index in [0.717, 1.165) is 11.3 Å². The van der Waals surface area contributed by atoms with Crippen molar-refractivity contribution in [3.8, 4) is 0 Å². The van der Waals surface area contributed by atoms with Gasteiger partial charge < -0.3 is 10.6 Å². The molecule has 0 aliphatic heterocycles. The summed E-state index contributed by atoms with van der Waals surface area (Å²) < 4.78 is 1.57. The first-order valence-corrected chi connectivity index (χ1v) is 7.06. The topological polar surface area (TPSA) is 64.2 Å². The number of nitrogens with zero attached hydrogens (tertiary/aromatic N) is 3. The van der Waals surface area contributed by atoms with Gasteiger partial charge in [-0.15, -0.1) is 0 Å². The number of benzene rings is 1. The van der Waals surface area contributed by atoms with Crippen LogP contribution < -0.4 is 5.73 Å². The van der Waals surface area contributed by atoms with Gasteiger partial charge in [0, 0.05) is 20.6 Å². The van der Waals surface area contributed by atoms with Gasteiger partial charge in [0.25, 0.3) is 5.91 Å². The fraction of sp³-hybridized carbons (Fsp3) is 0.375. The summed E-state index contributed by atoms with van der Waals surface area (Å²) in [6, 6.07) is 8.15. The normalized spacial score (nSPS) is 10.7. The van der Waals surface area contributed by atoms with Gasteiger partial charge in [-0.05, 0) is 18.9 Å². The Morgan fingerprint density at radius 2 is 1.95 bits per heavy atom. The Hall–Kier alpha value is -2.30. The molecule has 5 heteroatoms. The van der Waals surface area contributed by atoms with Gasteiger partial charge in [-0.2, -0.15) is 5.10 Å². The van der Waals surface area contributed by atoms with Crippen LogP contribution in [0.25, 0.3) is 0 Å². The van der Waals surface area contributed by atoms with Crippen molar-refractivity contribution < 1.29 is 4.79 Å². The van der Waals surface area contributed by atoms with E-state index in [2.05, 4.69) is 5.10 Å². The summed E-state index contributed by atoms with van der Waals surface area (Å²) in [6.45, 7) is 4.56. The zero-order chi connectivity index (χ0) is 15.6. The smallest absolute Gasteiger partial charge is 0.274 e. The Morgan fingerprint density at radius 1 is 1.33 bits per heavy atom. The van der Waals surface area contributed by atoms with Crippen molar-refractivity contribution in [2.24, 2.45) is 7.05 Å². The third-order valence-electron chi connectivity index (χ3n) is 3.58. The first-order chi connectivity index (χ1) is 9.93. The second-order valence-electron chi connectivity index (χ2n) is 5.33. The number of carbonyl (C=O) groups is 1. The van der Waals surface area contributed by atoms with Gasteiger partial charge in [-0.3, -0.25) is 9.48 Å². The molecule has 1 amide bonds. The van der Waals surface area contributed by atoms with Crippen LogP contribution in [0.2, 0.25) is 0 Å². The van der Waals surface area contributed by atoms with Crippen LogP contribution in [0.5, 0.6) is 0 Å². The Morgan fingerprint density at radius 3 is 2.48 bits per heavy atom. The third-order valence-corrected chi connectivity index (χ3v) is 3.58. The van der Waals surface area contributed by atoms with Crippen LogP contribution in [0, 0.1) is 6.92 Å². The molecule has 0 saturated carbocycles. The lowest BCUT2D eigenvalue weighted by Gasteiger charge is -2.18. The molecule has 2 aromatic rings. The molecule has 0 fully saturated rings. The minimum atomic E-state index is -0.109. The first kappa shape index (κ1) is 15.1. The molecule has 5 nitrogen and oxygen atoms in total. The number of nitrogen functional groups attached to an aromatic ring is 1. The number of aryl methyl sites for hydroxylation is 3. The molecule has 0 aliphatic rings. The van der Waals surface area contributed by atoms with Crippen LogP contribution in [0.15, 0.2) is 24.3 Å². The molecule has 0 aliphatic carbocycles. The molecule has 2 N–H and O–H groups in total. The van der Waals surface area contributed by atoms with Crippen molar-refractivity contribution in [1.29, 1.82) is 0 Å². The molecule has 1 aromatic heterocycles. The Bertz CT molecular complexity index is 643. The van der Waals surface area contributed by atoms with Crippen LogP contribution in [-0.2, 0) is 20.0 Å². The van der Waals surface area contributed by atoms with E-state index >= 15 is 0 Å². The second-order valence-corrected chi connectivity index (χ2v) is 5.33. The van der Waals surface area contributed by atoms with Crippen LogP contribution >= 0.6 is 0 Å². The van der Waals surface area contributed by atoms with Gasteiger partial charge in [0.15, 0.2) is 0 Å². The van der Waals surface area contributed by atoms with Crippen LogP contribution in [0.1, 0.15) is 34.2 Å². The maximum Gasteiger partial charge on any atom is 0.274 e. The molecule has 0 saturated heterocycles. The van der Waals surface area contributed by atoms with Crippen LogP contribution in [0.4, 0.5) is 5.69 Å². The fourth-order valence-electron chi connectivity index (χ4n) is 2.33. The second kappa shape index (κ2) is 5.99. The standard InChI is InChI=1S/C16H22N4O/c1-5-13-14(17)15(20(4)18-13)16(21)19(3)10-12-8-6-11(2)7-9-12/h6-9H,5,10,17H2,1-4H3. The number of hydrogen-bond donors (Lipinski definition) is 1. The summed E-state index contributed by atoms with van der Waals surface area (Å²) in [5.74, 6) is -0.109. The maximum absolute atomic E-state index is 12.6. The molecule has 0 radical (unpaired) electrons. The molecule has 1 aromatic carbocycles. The van der Waals surface area contributed by atoms with E-state index in [-0.39, 0.29) is 5.91 Å². The van der Waals surface area contributed by atoms with Crippen LogP contribution in [-0.4, -0.2) is 27.6 Å². The number of amides is 1. The predicted molar refractivity (Wildman–Crippen MR) is 84.0 cm³/mol. The Balaban J connectivity index is 2.19. The minimum Gasteiger partial charge on any atom is -0.395 e.